The van der Waals surface area contributed by atoms with E-state index in [0.29, 0.717) is 12.3 Å². The number of hydrogen-bond acceptors (Lipinski definition) is 2. The summed E-state index contributed by atoms with van der Waals surface area (Å²) in [6.07, 6.45) is 31.4. The van der Waals surface area contributed by atoms with Gasteiger partial charge in [0.15, 0.2) is 0 Å². The van der Waals surface area contributed by atoms with Gasteiger partial charge < -0.3 is 4.74 Å². The fourth-order valence-corrected chi connectivity index (χ4v) is 5.96. The van der Waals surface area contributed by atoms with Crippen molar-refractivity contribution < 1.29 is 9.53 Å². The third kappa shape index (κ3) is 12.9. The summed E-state index contributed by atoms with van der Waals surface area (Å²) < 4.78 is 6.18. The van der Waals surface area contributed by atoms with Crippen LogP contribution in [0.4, 0.5) is 0 Å². The molecular weight excluding hydrogens is 380 g/mol. The molecule has 0 aromatic rings. The van der Waals surface area contributed by atoms with E-state index in [2.05, 4.69) is 6.92 Å². The smallest absolute Gasteiger partial charge is 0.306 e. The first kappa shape index (κ1) is 26.7. The van der Waals surface area contributed by atoms with Crippen molar-refractivity contribution in [3.63, 3.8) is 0 Å². The van der Waals surface area contributed by atoms with E-state index in [9.17, 15) is 4.79 Å². The first-order valence-electron chi connectivity index (χ1n) is 14.5. The molecule has 0 N–H and O–H groups in total. The summed E-state index contributed by atoms with van der Waals surface area (Å²) >= 11 is 0. The van der Waals surface area contributed by atoms with Gasteiger partial charge in [0.25, 0.3) is 0 Å². The number of hydrogen-bond donors (Lipinski definition) is 0. The number of unbranched alkanes of at least 4 members (excludes halogenated alkanes) is 8. The number of ether oxygens (including phenoxy) is 1. The van der Waals surface area contributed by atoms with Crippen LogP contribution in [0.25, 0.3) is 0 Å². The minimum Gasteiger partial charge on any atom is -0.462 e. The molecule has 2 bridgehead atoms. The molecule has 0 aromatic heterocycles. The zero-order chi connectivity index (χ0) is 22.0. The Morgan fingerprint density at radius 1 is 0.613 bits per heavy atom. The molecular formula is C29H54O2. The van der Waals surface area contributed by atoms with Crippen LogP contribution in [-0.2, 0) is 9.53 Å². The highest BCUT2D eigenvalue weighted by molar-refractivity contribution is 5.69. The number of esters is 1. The maximum atomic E-state index is 12.7. The first-order chi connectivity index (χ1) is 15.3. The van der Waals surface area contributed by atoms with Crippen LogP contribution in [0, 0.1) is 11.8 Å². The van der Waals surface area contributed by atoms with Crippen molar-refractivity contribution in [1.82, 2.24) is 0 Å². The average Bonchev–Trinajstić information content (AvgIpc) is 2.75. The van der Waals surface area contributed by atoms with E-state index in [0.717, 1.165) is 18.8 Å². The molecule has 3 aliphatic carbocycles. The van der Waals surface area contributed by atoms with Crippen LogP contribution in [0.1, 0.15) is 161 Å². The Balaban J connectivity index is 1.72. The lowest BCUT2D eigenvalue weighted by Crippen LogP contribution is -2.28. The molecule has 0 aromatic carbocycles. The van der Waals surface area contributed by atoms with Gasteiger partial charge in [0.05, 0.1) is 0 Å². The second kappa shape index (κ2) is 18.0. The predicted octanol–water partition coefficient (Wildman–Crippen LogP) is 9.54. The quantitative estimate of drug-likeness (QED) is 0.239. The number of carbonyl (C=O) groups excluding carboxylic acids is 1. The van der Waals surface area contributed by atoms with Crippen LogP contribution in [-0.4, -0.2) is 12.1 Å². The van der Waals surface area contributed by atoms with Crippen LogP contribution >= 0.6 is 0 Å². The van der Waals surface area contributed by atoms with Crippen LogP contribution in [0.3, 0.4) is 0 Å². The van der Waals surface area contributed by atoms with Crippen LogP contribution in [0.15, 0.2) is 0 Å². The van der Waals surface area contributed by atoms with Crippen molar-refractivity contribution in [2.45, 2.75) is 167 Å². The Kier molecular flexibility index (Phi) is 15.5. The van der Waals surface area contributed by atoms with E-state index < -0.39 is 0 Å². The van der Waals surface area contributed by atoms with Crippen LogP contribution in [0.2, 0.25) is 0 Å². The van der Waals surface area contributed by atoms with E-state index in [1.54, 1.807) is 0 Å². The third-order valence-electron chi connectivity index (χ3n) is 8.02. The van der Waals surface area contributed by atoms with Crippen molar-refractivity contribution in [3.8, 4) is 0 Å². The molecule has 31 heavy (non-hydrogen) atoms. The fourth-order valence-electron chi connectivity index (χ4n) is 5.96. The molecule has 0 heterocycles. The second-order valence-corrected chi connectivity index (χ2v) is 10.8. The molecule has 1 atom stereocenters. The molecule has 1 unspecified atom stereocenters. The van der Waals surface area contributed by atoms with E-state index in [4.69, 9.17) is 4.74 Å². The molecule has 0 aliphatic heterocycles. The SMILES string of the molecule is CCCCCCCCCCCC(=O)OC1CCCCC2CCCCCC1CCCCC2. The van der Waals surface area contributed by atoms with Crippen LogP contribution in [0.5, 0.6) is 0 Å². The van der Waals surface area contributed by atoms with E-state index >= 15 is 0 Å². The Morgan fingerprint density at radius 2 is 1.10 bits per heavy atom. The van der Waals surface area contributed by atoms with E-state index in [-0.39, 0.29) is 12.1 Å². The van der Waals surface area contributed by atoms with Gasteiger partial charge in [0.2, 0.25) is 0 Å². The van der Waals surface area contributed by atoms with Crippen LogP contribution < -0.4 is 0 Å². The van der Waals surface area contributed by atoms with Gasteiger partial charge in [-0.3, -0.25) is 4.79 Å². The van der Waals surface area contributed by atoms with Crippen molar-refractivity contribution >= 4 is 5.97 Å². The third-order valence-corrected chi connectivity index (χ3v) is 8.02. The summed E-state index contributed by atoms with van der Waals surface area (Å²) in [6.45, 7) is 2.27. The second-order valence-electron chi connectivity index (χ2n) is 10.8. The lowest BCUT2D eigenvalue weighted by Gasteiger charge is -2.29. The highest BCUT2D eigenvalue weighted by Gasteiger charge is 2.25. The molecule has 3 fully saturated rings. The Morgan fingerprint density at radius 3 is 1.71 bits per heavy atom. The minimum absolute atomic E-state index is 0.0926. The summed E-state index contributed by atoms with van der Waals surface area (Å²) in [5.41, 5.74) is 0. The van der Waals surface area contributed by atoms with Crippen molar-refractivity contribution in [1.29, 1.82) is 0 Å². The molecule has 0 radical (unpaired) electrons. The summed E-state index contributed by atoms with van der Waals surface area (Å²) in [6, 6.07) is 0. The van der Waals surface area contributed by atoms with Crippen molar-refractivity contribution in [2.24, 2.45) is 11.8 Å². The highest BCUT2D eigenvalue weighted by Crippen LogP contribution is 2.32. The zero-order valence-corrected chi connectivity index (χ0v) is 21.0. The van der Waals surface area contributed by atoms with E-state index in [1.165, 1.54) is 135 Å². The lowest BCUT2D eigenvalue weighted by atomic mass is 9.82. The summed E-state index contributed by atoms with van der Waals surface area (Å²) in [5.74, 6) is 1.67. The van der Waals surface area contributed by atoms with Gasteiger partial charge in [0.1, 0.15) is 6.10 Å². The van der Waals surface area contributed by atoms with Gasteiger partial charge in [0, 0.05) is 6.42 Å². The molecule has 3 saturated carbocycles. The monoisotopic (exact) mass is 434 g/mol. The fraction of sp³-hybridized carbons (Fsp3) is 0.966. The van der Waals surface area contributed by atoms with Gasteiger partial charge in [-0.25, -0.2) is 0 Å². The topological polar surface area (TPSA) is 26.3 Å². The standard InChI is InChI=1S/C29H54O2/c1-2-3-4-5-6-7-8-9-16-25-29(30)31-28-24-18-17-21-26-19-12-10-14-22-27(28)23-15-11-13-20-26/h26-28H,2-25H2,1H3. The number of fused-ring (bicyclic) bond motifs is 12. The molecule has 0 spiro atoms. The van der Waals surface area contributed by atoms with Crippen molar-refractivity contribution in [2.75, 3.05) is 0 Å². The molecule has 2 heteroatoms. The van der Waals surface area contributed by atoms with Gasteiger partial charge >= 0.3 is 5.97 Å². The van der Waals surface area contributed by atoms with Gasteiger partial charge in [-0.1, -0.05) is 122 Å². The Labute approximate surface area is 194 Å². The molecule has 3 aliphatic rings. The van der Waals surface area contributed by atoms with Gasteiger partial charge in [-0.2, -0.15) is 0 Å². The first-order valence-corrected chi connectivity index (χ1v) is 14.5. The highest BCUT2D eigenvalue weighted by atomic mass is 16.5. The normalized spacial score (nSPS) is 26.2. The van der Waals surface area contributed by atoms with E-state index in [1.807, 2.05) is 0 Å². The van der Waals surface area contributed by atoms with Gasteiger partial charge in [-0.15, -0.1) is 0 Å². The number of carbonyl (C=O) groups is 1. The molecule has 0 amide bonds. The zero-order valence-electron chi connectivity index (χ0n) is 21.0. The Bertz CT molecular complexity index is 418. The largest absolute Gasteiger partial charge is 0.462 e. The maximum Gasteiger partial charge on any atom is 0.306 e. The molecule has 0 saturated heterocycles. The van der Waals surface area contributed by atoms with Gasteiger partial charge in [-0.05, 0) is 43.9 Å². The molecule has 2 nitrogen and oxygen atoms in total. The summed E-state index contributed by atoms with van der Waals surface area (Å²) in [4.78, 5) is 12.7. The number of rotatable bonds is 11. The lowest BCUT2D eigenvalue weighted by molar-refractivity contribution is -0.153. The predicted molar refractivity (Wildman–Crippen MR) is 133 cm³/mol. The van der Waals surface area contributed by atoms with Crippen molar-refractivity contribution in [3.05, 3.63) is 0 Å². The molecule has 3 rings (SSSR count). The minimum atomic E-state index is 0.0926. The average molecular weight is 435 g/mol. The molecule has 182 valence electrons. The maximum absolute atomic E-state index is 12.7. The summed E-state index contributed by atoms with van der Waals surface area (Å²) in [7, 11) is 0. The summed E-state index contributed by atoms with van der Waals surface area (Å²) in [5, 5.41) is 0. The Hall–Kier alpha value is -0.530.